The van der Waals surface area contributed by atoms with Crippen molar-refractivity contribution in [1.82, 2.24) is 5.32 Å². The zero-order valence-electron chi connectivity index (χ0n) is 14.3. The first-order chi connectivity index (χ1) is 10.2. The summed E-state index contributed by atoms with van der Waals surface area (Å²) >= 11 is 0. The van der Waals surface area contributed by atoms with Crippen LogP contribution in [0.25, 0.3) is 0 Å². The molecular weight excluding hydrogens is 262 g/mol. The summed E-state index contributed by atoms with van der Waals surface area (Å²) in [4.78, 5) is 0. The molecule has 1 saturated heterocycles. The Morgan fingerprint density at radius 1 is 1.24 bits per heavy atom. The number of hydrogen-bond donors (Lipinski definition) is 1. The summed E-state index contributed by atoms with van der Waals surface area (Å²) in [5, 5.41) is 3.58. The van der Waals surface area contributed by atoms with Crippen LogP contribution >= 0.6 is 0 Å². The third-order valence-electron chi connectivity index (χ3n) is 5.49. The van der Waals surface area contributed by atoms with E-state index in [1.807, 2.05) is 0 Å². The first-order valence-electron chi connectivity index (χ1n) is 9.17. The third-order valence-corrected chi connectivity index (χ3v) is 5.49. The third kappa shape index (κ3) is 4.43. The summed E-state index contributed by atoms with van der Waals surface area (Å²) in [6, 6.07) is 0.479. The molecule has 2 rings (SSSR count). The second-order valence-electron chi connectivity index (χ2n) is 6.94. The summed E-state index contributed by atoms with van der Waals surface area (Å²) in [6.07, 6.45) is 11.7. The molecule has 1 spiro atoms. The number of hydrogen-bond acceptors (Lipinski definition) is 3. The molecule has 0 aromatic heterocycles. The van der Waals surface area contributed by atoms with Crippen molar-refractivity contribution in [1.29, 1.82) is 0 Å². The highest BCUT2D eigenvalue weighted by molar-refractivity contribution is 4.95. The van der Waals surface area contributed by atoms with Gasteiger partial charge in [-0.25, -0.2) is 0 Å². The summed E-state index contributed by atoms with van der Waals surface area (Å²) < 4.78 is 12.3. The minimum Gasteiger partial charge on any atom is -0.377 e. The van der Waals surface area contributed by atoms with Crippen molar-refractivity contribution in [2.24, 2.45) is 5.92 Å². The average Bonchev–Trinajstić information content (AvgIpc) is 2.49. The van der Waals surface area contributed by atoms with Gasteiger partial charge in [0.05, 0.1) is 11.7 Å². The van der Waals surface area contributed by atoms with Gasteiger partial charge in [0.1, 0.15) is 0 Å². The molecule has 3 nitrogen and oxygen atoms in total. The number of nitrogens with one attached hydrogen (secondary N) is 1. The molecule has 3 atom stereocenters. The first-order valence-corrected chi connectivity index (χ1v) is 9.17. The molecule has 3 unspecified atom stereocenters. The minimum absolute atomic E-state index is 0.194. The molecule has 1 N–H and O–H groups in total. The van der Waals surface area contributed by atoms with E-state index in [-0.39, 0.29) is 5.60 Å². The van der Waals surface area contributed by atoms with E-state index in [4.69, 9.17) is 9.47 Å². The Kier molecular flexibility index (Phi) is 6.97. The lowest BCUT2D eigenvalue weighted by Crippen LogP contribution is -2.51. The molecule has 2 fully saturated rings. The fourth-order valence-electron chi connectivity index (χ4n) is 4.51. The Morgan fingerprint density at radius 2 is 2.00 bits per heavy atom. The van der Waals surface area contributed by atoms with E-state index in [9.17, 15) is 0 Å². The lowest BCUT2D eigenvalue weighted by atomic mass is 9.73. The highest BCUT2D eigenvalue weighted by Gasteiger charge is 2.42. The van der Waals surface area contributed by atoms with Crippen LogP contribution in [0, 0.1) is 5.92 Å². The minimum atomic E-state index is 0.194. The number of rotatable bonds is 7. The Balaban J connectivity index is 2.02. The van der Waals surface area contributed by atoms with Crippen LogP contribution in [-0.2, 0) is 9.47 Å². The lowest BCUT2D eigenvalue weighted by Gasteiger charge is -2.46. The van der Waals surface area contributed by atoms with E-state index < -0.39 is 0 Å². The number of likely N-dealkylation sites (N-methyl/N-ethyl adjacent to an activating group) is 1. The van der Waals surface area contributed by atoms with Crippen molar-refractivity contribution in [3.63, 3.8) is 0 Å². The van der Waals surface area contributed by atoms with Gasteiger partial charge < -0.3 is 14.8 Å². The molecule has 1 aliphatic carbocycles. The van der Waals surface area contributed by atoms with Gasteiger partial charge in [-0.1, -0.05) is 32.6 Å². The molecule has 1 saturated carbocycles. The normalized spacial score (nSPS) is 28.4. The topological polar surface area (TPSA) is 30.5 Å². The summed E-state index contributed by atoms with van der Waals surface area (Å²) in [6.45, 7) is 6.12. The van der Waals surface area contributed by atoms with Gasteiger partial charge in [0.15, 0.2) is 0 Å². The Hall–Kier alpha value is -0.120. The van der Waals surface area contributed by atoms with Gasteiger partial charge in [0, 0.05) is 19.3 Å². The van der Waals surface area contributed by atoms with Crippen molar-refractivity contribution >= 4 is 0 Å². The smallest absolute Gasteiger partial charge is 0.0730 e. The maximum absolute atomic E-state index is 6.26. The zero-order valence-corrected chi connectivity index (χ0v) is 14.3. The molecule has 0 radical (unpaired) electrons. The van der Waals surface area contributed by atoms with Crippen molar-refractivity contribution in [3.8, 4) is 0 Å². The molecule has 1 heterocycles. The SMILES string of the molecule is CCCC(OCC)C(NC)C1CCOC2(CCCCC2)C1. The molecule has 21 heavy (non-hydrogen) atoms. The lowest BCUT2D eigenvalue weighted by molar-refractivity contribution is -0.129. The molecular formula is C18H35NO2. The van der Waals surface area contributed by atoms with Crippen molar-refractivity contribution < 1.29 is 9.47 Å². The Labute approximate surface area is 131 Å². The fraction of sp³-hybridized carbons (Fsp3) is 1.00. The van der Waals surface area contributed by atoms with Gasteiger partial charge in [-0.3, -0.25) is 0 Å². The summed E-state index contributed by atoms with van der Waals surface area (Å²) in [5.74, 6) is 0.699. The van der Waals surface area contributed by atoms with Crippen LogP contribution in [0.1, 0.15) is 71.6 Å². The van der Waals surface area contributed by atoms with Crippen LogP contribution in [-0.4, -0.2) is 38.0 Å². The molecule has 0 bridgehead atoms. The van der Waals surface area contributed by atoms with Crippen LogP contribution in [0.2, 0.25) is 0 Å². The van der Waals surface area contributed by atoms with E-state index in [0.717, 1.165) is 19.6 Å². The van der Waals surface area contributed by atoms with Crippen LogP contribution in [0.15, 0.2) is 0 Å². The first kappa shape index (κ1) is 17.2. The van der Waals surface area contributed by atoms with Crippen molar-refractivity contribution in [2.45, 2.75) is 89.4 Å². The predicted molar refractivity (Wildman–Crippen MR) is 87.7 cm³/mol. The van der Waals surface area contributed by atoms with Gasteiger partial charge in [0.2, 0.25) is 0 Å². The van der Waals surface area contributed by atoms with E-state index >= 15 is 0 Å². The molecule has 1 aliphatic heterocycles. The van der Waals surface area contributed by atoms with E-state index in [2.05, 4.69) is 26.2 Å². The van der Waals surface area contributed by atoms with Crippen LogP contribution in [0.3, 0.4) is 0 Å². The summed E-state index contributed by atoms with van der Waals surface area (Å²) in [7, 11) is 2.11. The van der Waals surface area contributed by atoms with Crippen LogP contribution in [0.5, 0.6) is 0 Å². The predicted octanol–water partition coefficient (Wildman–Crippen LogP) is 3.91. The van der Waals surface area contributed by atoms with Gasteiger partial charge in [0.25, 0.3) is 0 Å². The second kappa shape index (κ2) is 8.50. The Morgan fingerprint density at radius 3 is 2.62 bits per heavy atom. The van der Waals surface area contributed by atoms with E-state index in [1.165, 1.54) is 51.4 Å². The second-order valence-corrected chi connectivity index (χ2v) is 6.94. The standard InChI is InChI=1S/C18H35NO2/c1-4-9-16(20-5-2)17(19-3)15-10-13-21-18(14-15)11-7-6-8-12-18/h15-17,19H,4-14H2,1-3H3. The molecule has 3 heteroatoms. The zero-order chi connectivity index (χ0) is 15.1. The molecule has 0 amide bonds. The van der Waals surface area contributed by atoms with Gasteiger partial charge in [-0.05, 0) is 52.0 Å². The molecule has 0 aromatic rings. The van der Waals surface area contributed by atoms with E-state index in [1.54, 1.807) is 0 Å². The van der Waals surface area contributed by atoms with Crippen LogP contribution in [0.4, 0.5) is 0 Å². The highest BCUT2D eigenvalue weighted by atomic mass is 16.5. The maximum atomic E-state index is 6.26. The average molecular weight is 297 g/mol. The fourth-order valence-corrected chi connectivity index (χ4v) is 4.51. The quantitative estimate of drug-likeness (QED) is 0.773. The molecule has 124 valence electrons. The van der Waals surface area contributed by atoms with Crippen molar-refractivity contribution in [2.75, 3.05) is 20.3 Å². The van der Waals surface area contributed by atoms with E-state index in [0.29, 0.717) is 18.1 Å². The largest absolute Gasteiger partial charge is 0.377 e. The van der Waals surface area contributed by atoms with Gasteiger partial charge in [-0.2, -0.15) is 0 Å². The van der Waals surface area contributed by atoms with Crippen molar-refractivity contribution in [3.05, 3.63) is 0 Å². The number of ether oxygens (including phenoxy) is 2. The molecule has 2 aliphatic rings. The van der Waals surface area contributed by atoms with Gasteiger partial charge >= 0.3 is 0 Å². The highest BCUT2D eigenvalue weighted by Crippen LogP contribution is 2.42. The maximum Gasteiger partial charge on any atom is 0.0730 e. The molecule has 0 aromatic carbocycles. The van der Waals surface area contributed by atoms with Gasteiger partial charge in [-0.15, -0.1) is 0 Å². The Bertz CT molecular complexity index is 277. The van der Waals surface area contributed by atoms with Crippen LogP contribution < -0.4 is 5.32 Å². The monoisotopic (exact) mass is 297 g/mol. The summed E-state index contributed by atoms with van der Waals surface area (Å²) in [5.41, 5.74) is 0.194.